The van der Waals surface area contributed by atoms with Gasteiger partial charge >= 0.3 is 5.69 Å². The van der Waals surface area contributed by atoms with Crippen molar-refractivity contribution in [3.8, 4) is 11.8 Å². The van der Waals surface area contributed by atoms with Crippen LogP contribution in [0.2, 0.25) is 0 Å². The zero-order valence-corrected chi connectivity index (χ0v) is 15.8. The van der Waals surface area contributed by atoms with Gasteiger partial charge in [-0.3, -0.25) is 9.36 Å². The number of halogens is 1. The minimum atomic E-state index is -0.482. The van der Waals surface area contributed by atoms with E-state index in [1.54, 1.807) is 16.7 Å². The second-order valence-electron chi connectivity index (χ2n) is 7.31. The Morgan fingerprint density at radius 2 is 1.83 bits per heavy atom. The van der Waals surface area contributed by atoms with E-state index in [1.165, 1.54) is 39.7 Å². The van der Waals surface area contributed by atoms with Crippen molar-refractivity contribution in [1.29, 1.82) is 5.26 Å². The van der Waals surface area contributed by atoms with E-state index >= 15 is 0 Å². The van der Waals surface area contributed by atoms with E-state index in [0.29, 0.717) is 11.3 Å². The molecule has 0 unspecified atom stereocenters. The molecule has 8 heteroatoms. The Balaban J connectivity index is 1.78. The van der Waals surface area contributed by atoms with Gasteiger partial charge in [0.1, 0.15) is 5.82 Å². The van der Waals surface area contributed by atoms with Crippen LogP contribution in [0.15, 0.2) is 64.4 Å². The molecule has 0 bridgehead atoms. The van der Waals surface area contributed by atoms with Gasteiger partial charge in [0, 0.05) is 6.04 Å². The van der Waals surface area contributed by atoms with Crippen LogP contribution < -0.4 is 11.2 Å². The highest BCUT2D eigenvalue weighted by Crippen LogP contribution is 2.32. The van der Waals surface area contributed by atoms with Gasteiger partial charge in [-0.05, 0) is 48.7 Å². The summed E-state index contributed by atoms with van der Waals surface area (Å²) in [5.74, 6) is -0.419. The van der Waals surface area contributed by atoms with E-state index in [1.807, 2.05) is 12.1 Å². The average Bonchev–Trinajstić information content (AvgIpc) is 3.50. The third-order valence-corrected chi connectivity index (χ3v) is 5.32. The third kappa shape index (κ3) is 2.83. The first-order chi connectivity index (χ1) is 14.6. The van der Waals surface area contributed by atoms with Crippen molar-refractivity contribution < 1.29 is 4.39 Å². The Morgan fingerprint density at radius 3 is 2.53 bits per heavy atom. The fraction of sp³-hybridized carbons (Fsp3) is 0.182. The average molecular weight is 401 g/mol. The number of nitriles is 1. The molecule has 0 N–H and O–H groups in total. The van der Waals surface area contributed by atoms with Crippen LogP contribution in [-0.2, 0) is 6.54 Å². The molecular weight excluding hydrogens is 385 g/mol. The number of aromatic nitrogens is 4. The first-order valence-electron chi connectivity index (χ1n) is 9.55. The minimum Gasteiger partial charge on any atom is -0.320 e. The molecule has 148 valence electrons. The Labute approximate surface area is 169 Å². The topological polar surface area (TPSA) is 85.6 Å². The third-order valence-electron chi connectivity index (χ3n) is 5.32. The molecule has 1 fully saturated rings. The molecule has 0 atom stereocenters. The molecule has 1 saturated carbocycles. The quantitative estimate of drug-likeness (QED) is 0.526. The lowest BCUT2D eigenvalue weighted by atomic mass is 10.1. The van der Waals surface area contributed by atoms with E-state index < -0.39 is 17.1 Å². The van der Waals surface area contributed by atoms with Crippen LogP contribution in [0.5, 0.6) is 0 Å². The number of nitrogens with zero attached hydrogens (tertiary/aromatic N) is 5. The number of fused-ring (bicyclic) bond motifs is 1. The van der Waals surface area contributed by atoms with Crippen molar-refractivity contribution in [1.82, 2.24) is 18.7 Å². The lowest BCUT2D eigenvalue weighted by Gasteiger charge is -2.12. The first-order valence-corrected chi connectivity index (χ1v) is 9.55. The molecule has 2 aromatic carbocycles. The Morgan fingerprint density at radius 1 is 1.10 bits per heavy atom. The summed E-state index contributed by atoms with van der Waals surface area (Å²) in [7, 11) is 0. The van der Waals surface area contributed by atoms with Crippen LogP contribution in [-0.4, -0.2) is 18.7 Å². The first kappa shape index (κ1) is 18.1. The fourth-order valence-corrected chi connectivity index (χ4v) is 3.70. The number of hydrogen-bond acceptors (Lipinski definition) is 4. The lowest BCUT2D eigenvalue weighted by molar-refractivity contribution is 0.624. The molecule has 2 aromatic heterocycles. The maximum atomic E-state index is 13.4. The maximum Gasteiger partial charge on any atom is 0.337 e. The van der Waals surface area contributed by atoms with E-state index in [2.05, 4.69) is 11.1 Å². The normalized spacial score (nSPS) is 13.5. The van der Waals surface area contributed by atoms with Crippen molar-refractivity contribution in [3.63, 3.8) is 0 Å². The number of hydrogen-bond donors (Lipinski definition) is 0. The molecule has 0 saturated heterocycles. The van der Waals surface area contributed by atoms with Crippen molar-refractivity contribution in [3.05, 3.63) is 92.6 Å². The molecule has 1 aliphatic rings. The standard InChI is InChI=1S/C22H16FN5O2/c23-16-5-7-17(8-6-16)27-20-19(21(29)28(22(27)30)18-9-10-18)26(13-25-20)12-15-4-2-1-3-14(15)11-24/h1-8,13,18H,9-10,12H2. The molecule has 0 aliphatic heterocycles. The second kappa shape index (κ2) is 6.81. The summed E-state index contributed by atoms with van der Waals surface area (Å²) < 4.78 is 17.7. The van der Waals surface area contributed by atoms with Crippen LogP contribution >= 0.6 is 0 Å². The van der Waals surface area contributed by atoms with E-state index in [0.717, 1.165) is 18.4 Å². The summed E-state index contributed by atoms with van der Waals surface area (Å²) in [6.45, 7) is 0.266. The lowest BCUT2D eigenvalue weighted by Crippen LogP contribution is -2.39. The number of imidazole rings is 1. The highest BCUT2D eigenvalue weighted by atomic mass is 19.1. The molecule has 4 aromatic rings. The van der Waals surface area contributed by atoms with Gasteiger partial charge in [-0.2, -0.15) is 5.26 Å². The van der Waals surface area contributed by atoms with Crippen LogP contribution in [0.25, 0.3) is 16.9 Å². The van der Waals surface area contributed by atoms with Crippen LogP contribution in [0.4, 0.5) is 4.39 Å². The zero-order chi connectivity index (χ0) is 20.8. The highest BCUT2D eigenvalue weighted by Gasteiger charge is 2.30. The zero-order valence-electron chi connectivity index (χ0n) is 15.8. The Kier molecular flexibility index (Phi) is 4.10. The Bertz CT molecular complexity index is 1440. The number of benzene rings is 2. The van der Waals surface area contributed by atoms with Gasteiger partial charge in [-0.1, -0.05) is 18.2 Å². The van der Waals surface area contributed by atoms with Crippen LogP contribution in [0, 0.1) is 17.1 Å². The van der Waals surface area contributed by atoms with Gasteiger partial charge in [0.2, 0.25) is 0 Å². The smallest absolute Gasteiger partial charge is 0.320 e. The van der Waals surface area contributed by atoms with Gasteiger partial charge in [0.05, 0.1) is 30.2 Å². The second-order valence-corrected chi connectivity index (χ2v) is 7.31. The summed E-state index contributed by atoms with van der Waals surface area (Å²) in [5, 5.41) is 9.37. The summed E-state index contributed by atoms with van der Waals surface area (Å²) in [6.07, 6.45) is 3.02. The largest absolute Gasteiger partial charge is 0.337 e. The van der Waals surface area contributed by atoms with Crippen LogP contribution in [0.3, 0.4) is 0 Å². The van der Waals surface area contributed by atoms with Gasteiger partial charge in [0.15, 0.2) is 11.2 Å². The molecule has 7 nitrogen and oxygen atoms in total. The van der Waals surface area contributed by atoms with Crippen molar-refractivity contribution in [2.24, 2.45) is 0 Å². The predicted molar refractivity (Wildman–Crippen MR) is 108 cm³/mol. The molecule has 2 heterocycles. The molecule has 5 rings (SSSR count). The highest BCUT2D eigenvalue weighted by molar-refractivity contribution is 5.72. The summed E-state index contributed by atoms with van der Waals surface area (Å²) in [6, 6.07) is 14.7. The Hall–Kier alpha value is -3.99. The molecule has 0 amide bonds. The number of rotatable bonds is 4. The minimum absolute atomic E-state index is 0.143. The molecular formula is C22H16FN5O2. The molecule has 1 aliphatic carbocycles. The summed E-state index contributed by atoms with van der Waals surface area (Å²) >= 11 is 0. The van der Waals surface area contributed by atoms with Gasteiger partial charge < -0.3 is 4.57 Å². The van der Waals surface area contributed by atoms with Crippen LogP contribution in [0.1, 0.15) is 30.0 Å². The SMILES string of the molecule is N#Cc1ccccc1Cn1cnc2c1c(=O)n(C1CC1)c(=O)n2-c1ccc(F)cc1. The van der Waals surface area contributed by atoms with Crippen molar-refractivity contribution in [2.45, 2.75) is 25.4 Å². The molecule has 0 radical (unpaired) electrons. The van der Waals surface area contributed by atoms with E-state index in [-0.39, 0.29) is 23.8 Å². The van der Waals surface area contributed by atoms with Gasteiger partial charge in [0.25, 0.3) is 5.56 Å². The summed E-state index contributed by atoms with van der Waals surface area (Å²) in [5.41, 5.74) is 1.29. The van der Waals surface area contributed by atoms with Crippen molar-refractivity contribution in [2.75, 3.05) is 0 Å². The van der Waals surface area contributed by atoms with Gasteiger partial charge in [-0.15, -0.1) is 0 Å². The monoisotopic (exact) mass is 401 g/mol. The fourth-order valence-electron chi connectivity index (χ4n) is 3.70. The summed E-state index contributed by atoms with van der Waals surface area (Å²) in [4.78, 5) is 30.8. The molecule has 30 heavy (non-hydrogen) atoms. The van der Waals surface area contributed by atoms with Crippen molar-refractivity contribution >= 4 is 11.2 Å². The predicted octanol–water partition coefficient (Wildman–Crippen LogP) is 2.74. The molecule has 0 spiro atoms. The maximum absolute atomic E-state index is 13.4. The van der Waals surface area contributed by atoms with E-state index in [9.17, 15) is 19.2 Å². The van der Waals surface area contributed by atoms with Gasteiger partial charge in [-0.25, -0.2) is 18.7 Å². The van der Waals surface area contributed by atoms with E-state index in [4.69, 9.17) is 0 Å².